The summed E-state index contributed by atoms with van der Waals surface area (Å²) in [6.07, 6.45) is 0.783. The lowest BCUT2D eigenvalue weighted by molar-refractivity contribution is -0.384. The predicted molar refractivity (Wildman–Crippen MR) is 111 cm³/mol. The summed E-state index contributed by atoms with van der Waals surface area (Å²) in [4.78, 5) is 22.9. The lowest BCUT2D eigenvalue weighted by atomic mass is 9.83. The highest BCUT2D eigenvalue weighted by Crippen LogP contribution is 2.41. The van der Waals surface area contributed by atoms with Gasteiger partial charge in [0.2, 0.25) is 10.0 Å². The summed E-state index contributed by atoms with van der Waals surface area (Å²) in [6.45, 7) is 0.245. The number of nitro groups is 1. The van der Waals surface area contributed by atoms with Crippen LogP contribution in [0.4, 0.5) is 5.69 Å². The molecule has 0 bridgehead atoms. The Hall–Kier alpha value is -2.69. The van der Waals surface area contributed by atoms with Crippen molar-refractivity contribution in [3.63, 3.8) is 0 Å². The van der Waals surface area contributed by atoms with Gasteiger partial charge in [-0.15, -0.1) is 0 Å². The van der Waals surface area contributed by atoms with Crippen LogP contribution in [0.25, 0.3) is 0 Å². The lowest BCUT2D eigenvalue weighted by Crippen LogP contribution is -2.52. The normalized spacial score (nSPS) is 18.3. The number of carbonyl (C=O) groups is 1. The standard InChI is InChI=1S/C20H19ClN2O7S/c1-29-13-2-5-19-15(10-13)18(24)12-20(30-19)6-8-22(9-7-20)31(27,28)14-3-4-16(21)17(11-14)23(25)26/h2-5,10-11H,6-9,12H2,1H3. The molecule has 0 aromatic heterocycles. The van der Waals surface area contributed by atoms with Crippen LogP contribution in [0.1, 0.15) is 29.6 Å². The summed E-state index contributed by atoms with van der Waals surface area (Å²) in [5.41, 5.74) is -0.797. The summed E-state index contributed by atoms with van der Waals surface area (Å²) in [7, 11) is -2.44. The number of ketones is 1. The average molecular weight is 467 g/mol. The van der Waals surface area contributed by atoms with E-state index in [2.05, 4.69) is 0 Å². The van der Waals surface area contributed by atoms with Crippen LogP contribution in [0.15, 0.2) is 41.3 Å². The maximum atomic E-state index is 13.0. The molecule has 0 saturated carbocycles. The Morgan fingerprint density at radius 1 is 1.19 bits per heavy atom. The molecule has 1 fully saturated rings. The van der Waals surface area contributed by atoms with Crippen molar-refractivity contribution in [2.75, 3.05) is 20.2 Å². The van der Waals surface area contributed by atoms with Gasteiger partial charge in [-0.2, -0.15) is 4.31 Å². The third kappa shape index (κ3) is 3.86. The van der Waals surface area contributed by atoms with E-state index < -0.39 is 26.2 Å². The van der Waals surface area contributed by atoms with Crippen LogP contribution in [0, 0.1) is 10.1 Å². The molecule has 0 amide bonds. The van der Waals surface area contributed by atoms with Crippen molar-refractivity contribution >= 4 is 33.1 Å². The zero-order valence-corrected chi connectivity index (χ0v) is 18.1. The number of nitrogens with zero attached hydrogens (tertiary/aromatic N) is 2. The Balaban J connectivity index is 1.54. The highest BCUT2D eigenvalue weighted by molar-refractivity contribution is 7.89. The maximum absolute atomic E-state index is 13.0. The van der Waals surface area contributed by atoms with Crippen molar-refractivity contribution in [3.05, 3.63) is 57.1 Å². The average Bonchev–Trinajstić information content (AvgIpc) is 2.74. The molecule has 1 spiro atoms. The van der Waals surface area contributed by atoms with Crippen LogP contribution in [-0.2, 0) is 10.0 Å². The minimum Gasteiger partial charge on any atom is -0.497 e. The van der Waals surface area contributed by atoms with E-state index in [1.54, 1.807) is 18.2 Å². The van der Waals surface area contributed by atoms with Crippen LogP contribution in [0.3, 0.4) is 0 Å². The van der Waals surface area contributed by atoms with Gasteiger partial charge in [-0.25, -0.2) is 8.42 Å². The fourth-order valence-corrected chi connectivity index (χ4v) is 5.60. The molecule has 164 valence electrons. The number of hydrogen-bond acceptors (Lipinski definition) is 7. The van der Waals surface area contributed by atoms with Gasteiger partial charge in [-0.05, 0) is 30.3 Å². The second-order valence-corrected chi connectivity index (χ2v) is 9.87. The van der Waals surface area contributed by atoms with Crippen molar-refractivity contribution in [3.8, 4) is 11.5 Å². The van der Waals surface area contributed by atoms with Crippen LogP contribution >= 0.6 is 11.6 Å². The Kier molecular flexibility index (Phi) is 5.40. The topological polar surface area (TPSA) is 116 Å². The molecule has 9 nitrogen and oxygen atoms in total. The highest BCUT2D eigenvalue weighted by atomic mass is 35.5. The van der Waals surface area contributed by atoms with Gasteiger partial charge in [0.05, 0.1) is 28.9 Å². The number of sulfonamides is 1. The number of piperidine rings is 1. The number of halogens is 1. The van der Waals surface area contributed by atoms with Crippen molar-refractivity contribution in [2.45, 2.75) is 29.8 Å². The van der Waals surface area contributed by atoms with Crippen LogP contribution < -0.4 is 9.47 Å². The van der Waals surface area contributed by atoms with Gasteiger partial charge in [-0.1, -0.05) is 11.6 Å². The number of rotatable bonds is 4. The number of Topliss-reactive ketones (excluding diaryl/α,β-unsaturated/α-hetero) is 1. The molecule has 2 aromatic carbocycles. The molecule has 2 aromatic rings. The molecular weight excluding hydrogens is 448 g/mol. The molecular formula is C20H19ClN2O7S. The third-order valence-corrected chi connectivity index (χ3v) is 7.90. The van der Waals surface area contributed by atoms with Crippen molar-refractivity contribution in [1.82, 2.24) is 4.31 Å². The molecule has 0 N–H and O–H groups in total. The zero-order chi connectivity index (χ0) is 22.4. The van der Waals surface area contributed by atoms with Gasteiger partial charge in [-0.3, -0.25) is 14.9 Å². The van der Waals surface area contributed by atoms with Crippen LogP contribution in [-0.4, -0.2) is 49.2 Å². The van der Waals surface area contributed by atoms with Crippen molar-refractivity contribution in [2.24, 2.45) is 0 Å². The fraction of sp³-hybridized carbons (Fsp3) is 0.350. The van der Waals surface area contributed by atoms with E-state index in [9.17, 15) is 23.3 Å². The molecule has 0 aliphatic carbocycles. The fourth-order valence-electron chi connectivity index (χ4n) is 3.95. The summed E-state index contributed by atoms with van der Waals surface area (Å²) < 4.78 is 38.6. The Morgan fingerprint density at radius 2 is 1.90 bits per heavy atom. The third-order valence-electron chi connectivity index (χ3n) is 5.68. The summed E-state index contributed by atoms with van der Waals surface area (Å²) >= 11 is 5.79. The first-order valence-corrected chi connectivity index (χ1v) is 11.3. The van der Waals surface area contributed by atoms with Gasteiger partial charge in [0, 0.05) is 32.0 Å². The number of methoxy groups -OCH3 is 1. The minimum absolute atomic E-state index is 0.0789. The quantitative estimate of drug-likeness (QED) is 0.500. The molecule has 2 aliphatic heterocycles. The van der Waals surface area contributed by atoms with E-state index in [-0.39, 0.29) is 35.2 Å². The monoisotopic (exact) mass is 466 g/mol. The highest BCUT2D eigenvalue weighted by Gasteiger charge is 2.45. The van der Waals surface area contributed by atoms with E-state index in [0.29, 0.717) is 29.9 Å². The molecule has 1 saturated heterocycles. The summed E-state index contributed by atoms with van der Waals surface area (Å²) in [6, 6.07) is 8.44. The Bertz CT molecular complexity index is 1170. The van der Waals surface area contributed by atoms with Crippen molar-refractivity contribution in [1.29, 1.82) is 0 Å². The molecule has 0 radical (unpaired) electrons. The van der Waals surface area contributed by atoms with Gasteiger partial charge < -0.3 is 9.47 Å². The van der Waals surface area contributed by atoms with E-state index in [0.717, 1.165) is 6.07 Å². The first kappa shape index (κ1) is 21.5. The first-order chi connectivity index (χ1) is 14.6. The molecule has 0 unspecified atom stereocenters. The number of nitro benzene ring substituents is 1. The molecule has 11 heteroatoms. The number of fused-ring (bicyclic) bond motifs is 1. The van der Waals surface area contributed by atoms with E-state index in [1.807, 2.05) is 0 Å². The Morgan fingerprint density at radius 3 is 2.55 bits per heavy atom. The van der Waals surface area contributed by atoms with Gasteiger partial charge >= 0.3 is 0 Å². The van der Waals surface area contributed by atoms with E-state index >= 15 is 0 Å². The predicted octanol–water partition coefficient (Wildman–Crippen LogP) is 3.45. The number of benzene rings is 2. The van der Waals surface area contributed by atoms with Crippen LogP contribution in [0.5, 0.6) is 11.5 Å². The van der Waals surface area contributed by atoms with E-state index in [1.165, 1.54) is 23.5 Å². The largest absolute Gasteiger partial charge is 0.497 e. The summed E-state index contributed by atoms with van der Waals surface area (Å²) in [5.74, 6) is 0.941. The van der Waals surface area contributed by atoms with Crippen LogP contribution in [0.2, 0.25) is 5.02 Å². The molecule has 2 heterocycles. The number of carbonyl (C=O) groups excluding carboxylic acids is 1. The minimum atomic E-state index is -3.96. The smallest absolute Gasteiger partial charge is 0.289 e. The summed E-state index contributed by atoms with van der Waals surface area (Å²) in [5, 5.41) is 11.0. The van der Waals surface area contributed by atoms with Gasteiger partial charge in [0.1, 0.15) is 22.1 Å². The zero-order valence-electron chi connectivity index (χ0n) is 16.5. The van der Waals surface area contributed by atoms with Gasteiger partial charge in [0.25, 0.3) is 5.69 Å². The van der Waals surface area contributed by atoms with Gasteiger partial charge in [0.15, 0.2) is 5.78 Å². The maximum Gasteiger partial charge on any atom is 0.289 e. The second kappa shape index (κ2) is 7.77. The molecule has 4 rings (SSSR count). The lowest BCUT2D eigenvalue weighted by Gasteiger charge is -2.43. The second-order valence-electron chi connectivity index (χ2n) is 7.52. The number of ether oxygens (including phenoxy) is 2. The SMILES string of the molecule is COc1ccc2c(c1)C(=O)CC1(CCN(S(=O)(=O)c3ccc(Cl)c([N+](=O)[O-])c3)CC1)O2. The molecule has 0 atom stereocenters. The molecule has 31 heavy (non-hydrogen) atoms. The Labute approximate surface area is 183 Å². The molecule has 2 aliphatic rings. The van der Waals surface area contributed by atoms with Crippen molar-refractivity contribution < 1.29 is 27.6 Å². The van der Waals surface area contributed by atoms with E-state index in [4.69, 9.17) is 21.1 Å². The number of hydrogen-bond donors (Lipinski definition) is 0. The first-order valence-electron chi connectivity index (χ1n) is 9.50.